The minimum absolute atomic E-state index is 0.230. The summed E-state index contributed by atoms with van der Waals surface area (Å²) < 4.78 is 0.747. The highest BCUT2D eigenvalue weighted by Gasteiger charge is 2.08. The third-order valence-corrected chi connectivity index (χ3v) is 4.83. The summed E-state index contributed by atoms with van der Waals surface area (Å²) in [6, 6.07) is 14.8. The van der Waals surface area contributed by atoms with Crippen molar-refractivity contribution in [1.82, 2.24) is 19.9 Å². The number of anilines is 5. The Balaban J connectivity index is 1.44. The van der Waals surface area contributed by atoms with Crippen molar-refractivity contribution < 1.29 is 4.79 Å². The molecule has 0 aliphatic carbocycles. The van der Waals surface area contributed by atoms with E-state index in [0.717, 1.165) is 21.5 Å². The number of nitrogens with zero attached hydrogens (tertiary/aromatic N) is 4. The lowest BCUT2D eigenvalue weighted by atomic mass is 10.2. The third kappa shape index (κ3) is 5.64. The molecule has 0 fully saturated rings. The number of pyridine rings is 2. The van der Waals surface area contributed by atoms with E-state index in [2.05, 4.69) is 51.8 Å². The Morgan fingerprint density at radius 2 is 1.56 bits per heavy atom. The van der Waals surface area contributed by atoms with Crippen LogP contribution in [0.15, 0.2) is 71.6 Å². The summed E-state index contributed by atoms with van der Waals surface area (Å²) in [6.07, 6.45) is 4.90. The van der Waals surface area contributed by atoms with E-state index in [4.69, 9.17) is 0 Å². The Bertz CT molecular complexity index is 1260. The average molecular weight is 490 g/mol. The van der Waals surface area contributed by atoms with Gasteiger partial charge in [-0.25, -0.2) is 15.0 Å². The van der Waals surface area contributed by atoms with Gasteiger partial charge in [0, 0.05) is 40.5 Å². The first-order valence-electron chi connectivity index (χ1n) is 9.79. The number of hydrogen-bond donors (Lipinski definition) is 3. The van der Waals surface area contributed by atoms with Crippen molar-refractivity contribution in [2.24, 2.45) is 0 Å². The van der Waals surface area contributed by atoms with Gasteiger partial charge in [0.1, 0.15) is 23.3 Å². The zero-order chi connectivity index (χ0) is 22.5. The second-order valence-electron chi connectivity index (χ2n) is 7.08. The van der Waals surface area contributed by atoms with Gasteiger partial charge < -0.3 is 16.0 Å². The SMILES string of the molecule is Cc1ccnc(Nc2cc(Nc3ccc(NC(=O)c4cncc(Br)c4)cc3)nc(C)n2)c1. The average Bonchev–Trinajstić information content (AvgIpc) is 2.75. The van der Waals surface area contributed by atoms with Crippen LogP contribution < -0.4 is 16.0 Å². The number of nitrogens with one attached hydrogen (secondary N) is 3. The molecule has 9 heteroatoms. The summed E-state index contributed by atoms with van der Waals surface area (Å²) in [5, 5.41) is 9.32. The van der Waals surface area contributed by atoms with Gasteiger partial charge in [0.15, 0.2) is 0 Å². The smallest absolute Gasteiger partial charge is 0.257 e. The maximum absolute atomic E-state index is 12.4. The molecule has 0 radical (unpaired) electrons. The molecular weight excluding hydrogens is 470 g/mol. The molecule has 0 saturated heterocycles. The number of aromatic nitrogens is 4. The first-order chi connectivity index (χ1) is 15.4. The van der Waals surface area contributed by atoms with Crippen LogP contribution in [0.2, 0.25) is 0 Å². The third-order valence-electron chi connectivity index (χ3n) is 4.39. The van der Waals surface area contributed by atoms with Gasteiger partial charge in [-0.1, -0.05) is 0 Å². The standard InChI is InChI=1S/C23H20BrN7O/c1-14-7-8-26-20(9-14)31-22-11-21(27-15(2)28-22)29-18-3-5-19(6-4-18)30-23(32)16-10-17(24)13-25-12-16/h3-13H,1-2H3,(H,30,32)(H2,26,27,28,29,31). The zero-order valence-electron chi connectivity index (χ0n) is 17.4. The maximum Gasteiger partial charge on any atom is 0.257 e. The molecule has 0 saturated carbocycles. The lowest BCUT2D eigenvalue weighted by Gasteiger charge is -2.11. The lowest BCUT2D eigenvalue weighted by Crippen LogP contribution is -2.12. The molecule has 1 aromatic carbocycles. The minimum atomic E-state index is -0.230. The largest absolute Gasteiger partial charge is 0.340 e. The van der Waals surface area contributed by atoms with E-state index < -0.39 is 0 Å². The first kappa shape index (κ1) is 21.4. The molecule has 3 N–H and O–H groups in total. The summed E-state index contributed by atoms with van der Waals surface area (Å²) in [5.41, 5.74) is 3.08. The Hall–Kier alpha value is -3.85. The van der Waals surface area contributed by atoms with E-state index in [0.29, 0.717) is 28.7 Å². The van der Waals surface area contributed by atoms with Crippen molar-refractivity contribution in [2.75, 3.05) is 16.0 Å². The van der Waals surface area contributed by atoms with Gasteiger partial charge in [0.25, 0.3) is 5.91 Å². The monoisotopic (exact) mass is 489 g/mol. The number of carbonyl (C=O) groups excluding carboxylic acids is 1. The van der Waals surface area contributed by atoms with E-state index in [-0.39, 0.29) is 5.91 Å². The van der Waals surface area contributed by atoms with Gasteiger partial charge in [-0.15, -0.1) is 0 Å². The summed E-state index contributed by atoms with van der Waals surface area (Å²) in [7, 11) is 0. The number of aryl methyl sites for hydroxylation is 2. The number of benzene rings is 1. The Morgan fingerprint density at radius 3 is 2.28 bits per heavy atom. The second-order valence-corrected chi connectivity index (χ2v) is 7.99. The van der Waals surface area contributed by atoms with Crippen LogP contribution in [0.4, 0.5) is 28.8 Å². The second kappa shape index (κ2) is 9.52. The van der Waals surface area contributed by atoms with Gasteiger partial charge in [-0.05, 0) is 77.8 Å². The van der Waals surface area contributed by atoms with Crippen molar-refractivity contribution in [1.29, 1.82) is 0 Å². The van der Waals surface area contributed by atoms with Crippen LogP contribution >= 0.6 is 15.9 Å². The zero-order valence-corrected chi connectivity index (χ0v) is 19.0. The van der Waals surface area contributed by atoms with Crippen LogP contribution in [-0.2, 0) is 0 Å². The molecule has 4 rings (SSSR count). The minimum Gasteiger partial charge on any atom is -0.340 e. The van der Waals surface area contributed by atoms with Crippen LogP contribution in [-0.4, -0.2) is 25.8 Å². The molecule has 0 bridgehead atoms. The number of amides is 1. The van der Waals surface area contributed by atoms with Gasteiger partial charge in [-0.3, -0.25) is 9.78 Å². The lowest BCUT2D eigenvalue weighted by molar-refractivity contribution is 0.102. The van der Waals surface area contributed by atoms with Crippen LogP contribution in [0, 0.1) is 13.8 Å². The normalized spacial score (nSPS) is 10.5. The van der Waals surface area contributed by atoms with E-state index in [1.807, 2.05) is 56.3 Å². The predicted octanol–water partition coefficient (Wildman–Crippen LogP) is 5.39. The molecule has 8 nitrogen and oxygen atoms in total. The molecule has 0 aliphatic heterocycles. The Morgan fingerprint density at radius 1 is 0.844 bits per heavy atom. The fraction of sp³-hybridized carbons (Fsp3) is 0.0870. The molecule has 3 heterocycles. The predicted molar refractivity (Wildman–Crippen MR) is 129 cm³/mol. The van der Waals surface area contributed by atoms with E-state index in [9.17, 15) is 4.79 Å². The molecule has 160 valence electrons. The van der Waals surface area contributed by atoms with E-state index >= 15 is 0 Å². The van der Waals surface area contributed by atoms with E-state index in [1.54, 1.807) is 18.5 Å². The van der Waals surface area contributed by atoms with Crippen LogP contribution in [0.25, 0.3) is 0 Å². The molecule has 32 heavy (non-hydrogen) atoms. The molecule has 1 amide bonds. The van der Waals surface area contributed by atoms with Gasteiger partial charge >= 0.3 is 0 Å². The summed E-state index contributed by atoms with van der Waals surface area (Å²) in [6.45, 7) is 3.84. The van der Waals surface area contributed by atoms with Crippen LogP contribution in [0.3, 0.4) is 0 Å². The van der Waals surface area contributed by atoms with Crippen LogP contribution in [0.1, 0.15) is 21.7 Å². The van der Waals surface area contributed by atoms with Crippen molar-refractivity contribution in [3.8, 4) is 0 Å². The quantitative estimate of drug-likeness (QED) is 0.333. The fourth-order valence-corrected chi connectivity index (χ4v) is 3.32. The van der Waals surface area contributed by atoms with Gasteiger partial charge in [0.05, 0.1) is 5.56 Å². The highest BCUT2D eigenvalue weighted by atomic mass is 79.9. The summed E-state index contributed by atoms with van der Waals surface area (Å²) in [4.78, 5) is 29.6. The molecule has 0 aliphatic rings. The van der Waals surface area contributed by atoms with Crippen molar-refractivity contribution in [3.63, 3.8) is 0 Å². The molecular formula is C23H20BrN7O. The molecule has 0 unspecified atom stereocenters. The fourth-order valence-electron chi connectivity index (χ4n) is 2.96. The maximum atomic E-state index is 12.4. The Labute approximate surface area is 193 Å². The number of halogens is 1. The number of hydrogen-bond acceptors (Lipinski definition) is 7. The highest BCUT2D eigenvalue weighted by Crippen LogP contribution is 2.22. The number of rotatable bonds is 6. The van der Waals surface area contributed by atoms with Crippen LogP contribution in [0.5, 0.6) is 0 Å². The van der Waals surface area contributed by atoms with Gasteiger partial charge in [-0.2, -0.15) is 0 Å². The van der Waals surface area contributed by atoms with E-state index in [1.165, 1.54) is 6.20 Å². The molecule has 0 spiro atoms. The first-order valence-corrected chi connectivity index (χ1v) is 10.6. The molecule has 3 aromatic heterocycles. The molecule has 4 aromatic rings. The van der Waals surface area contributed by atoms with Gasteiger partial charge in [0.2, 0.25) is 0 Å². The topological polar surface area (TPSA) is 105 Å². The van der Waals surface area contributed by atoms with Crippen molar-refractivity contribution in [3.05, 3.63) is 88.5 Å². The highest BCUT2D eigenvalue weighted by molar-refractivity contribution is 9.10. The van der Waals surface area contributed by atoms with Crippen molar-refractivity contribution in [2.45, 2.75) is 13.8 Å². The Kier molecular flexibility index (Phi) is 6.37. The van der Waals surface area contributed by atoms with Crippen molar-refractivity contribution >= 4 is 50.7 Å². The summed E-state index contributed by atoms with van der Waals surface area (Å²) >= 11 is 3.32. The molecule has 0 atom stereocenters. The summed E-state index contributed by atoms with van der Waals surface area (Å²) in [5.74, 6) is 2.40. The number of carbonyl (C=O) groups is 1.